The Labute approximate surface area is 156 Å². The van der Waals surface area contributed by atoms with Gasteiger partial charge in [0.1, 0.15) is 6.10 Å². The summed E-state index contributed by atoms with van der Waals surface area (Å²) in [5.74, 6) is 0. The van der Waals surface area contributed by atoms with Gasteiger partial charge >= 0.3 is 0 Å². The number of fused-ring (bicyclic) bond motifs is 1. The van der Waals surface area contributed by atoms with Crippen molar-refractivity contribution in [3.63, 3.8) is 0 Å². The van der Waals surface area contributed by atoms with E-state index in [1.54, 1.807) is 6.92 Å². The molecule has 0 N–H and O–H groups in total. The number of hydrogen-bond donors (Lipinski definition) is 0. The minimum absolute atomic E-state index is 0.467. The Balaban J connectivity index is 1.90. The Hall–Kier alpha value is -1.47. The van der Waals surface area contributed by atoms with Crippen molar-refractivity contribution in [3.05, 3.63) is 48.0 Å². The second-order valence-electron chi connectivity index (χ2n) is 6.36. The van der Waals surface area contributed by atoms with E-state index in [4.69, 9.17) is 13.7 Å². The molecule has 2 aromatic rings. The van der Waals surface area contributed by atoms with Crippen LogP contribution in [0.3, 0.4) is 0 Å². The Morgan fingerprint density at radius 2 is 1.69 bits per heavy atom. The third kappa shape index (κ3) is 6.68. The van der Waals surface area contributed by atoms with Gasteiger partial charge in [-0.05, 0) is 42.5 Å². The van der Waals surface area contributed by atoms with Crippen LogP contribution in [0.2, 0.25) is 0 Å². The molecule has 0 amide bonds. The lowest BCUT2D eigenvalue weighted by atomic mass is 10.0. The maximum absolute atomic E-state index is 11.3. The molecule has 1 unspecified atom stereocenters. The zero-order valence-corrected chi connectivity index (χ0v) is 16.5. The van der Waals surface area contributed by atoms with Crippen molar-refractivity contribution < 1.29 is 22.1 Å². The van der Waals surface area contributed by atoms with Crippen LogP contribution in [0.1, 0.15) is 32.3 Å². The van der Waals surface area contributed by atoms with E-state index in [2.05, 4.69) is 30.3 Å². The third-order valence-corrected chi connectivity index (χ3v) is 4.60. The molecule has 0 aliphatic carbocycles. The molecule has 0 spiro atoms. The summed E-state index contributed by atoms with van der Waals surface area (Å²) >= 11 is 0. The van der Waals surface area contributed by atoms with Crippen molar-refractivity contribution >= 4 is 20.9 Å². The van der Waals surface area contributed by atoms with Crippen LogP contribution in [0, 0.1) is 0 Å². The first-order valence-corrected chi connectivity index (χ1v) is 10.8. The van der Waals surface area contributed by atoms with Crippen LogP contribution in [-0.2, 0) is 30.2 Å². The highest BCUT2D eigenvalue weighted by Gasteiger charge is 2.23. The van der Waals surface area contributed by atoms with Crippen LogP contribution in [0.4, 0.5) is 0 Å². The molecule has 2 aromatic carbocycles. The fraction of sp³-hybridized carbons (Fsp3) is 0.500. The van der Waals surface area contributed by atoms with Gasteiger partial charge in [0.05, 0.1) is 12.9 Å². The normalized spacial score (nSPS) is 14.4. The average Bonchev–Trinajstić information content (AvgIpc) is 2.59. The van der Waals surface area contributed by atoms with Crippen molar-refractivity contribution in [1.29, 1.82) is 0 Å². The van der Waals surface area contributed by atoms with Crippen LogP contribution in [0.5, 0.6) is 0 Å². The quantitative estimate of drug-likeness (QED) is 0.336. The van der Waals surface area contributed by atoms with Crippen molar-refractivity contribution in [2.24, 2.45) is 0 Å². The summed E-state index contributed by atoms with van der Waals surface area (Å²) in [4.78, 5) is 0. The molecular formula is C20H28O5S. The number of ether oxygens (including phenoxy) is 2. The molecule has 0 aliphatic heterocycles. The summed E-state index contributed by atoms with van der Waals surface area (Å²) < 4.78 is 39.0. The Morgan fingerprint density at radius 3 is 2.42 bits per heavy atom. The molecule has 2 rings (SSSR count). The predicted octanol–water partition coefficient (Wildman–Crippen LogP) is 3.91. The first-order chi connectivity index (χ1) is 12.4. The van der Waals surface area contributed by atoms with E-state index in [0.29, 0.717) is 13.2 Å². The molecule has 0 aliphatic rings. The van der Waals surface area contributed by atoms with Gasteiger partial charge in [-0.3, -0.25) is 4.18 Å². The fourth-order valence-corrected chi connectivity index (χ4v) is 3.49. The topological polar surface area (TPSA) is 61.8 Å². The van der Waals surface area contributed by atoms with E-state index >= 15 is 0 Å². The number of hydrogen-bond acceptors (Lipinski definition) is 5. The Kier molecular flexibility index (Phi) is 8.03. The SMILES string of the molecule is CCCOC(OCCCc1cccc2ccccc12)[C@H](C)OS(C)(=O)=O. The highest BCUT2D eigenvalue weighted by molar-refractivity contribution is 7.86. The summed E-state index contributed by atoms with van der Waals surface area (Å²) in [7, 11) is -3.55. The first kappa shape index (κ1) is 20.8. The molecule has 6 heteroatoms. The predicted molar refractivity (Wildman–Crippen MR) is 104 cm³/mol. The van der Waals surface area contributed by atoms with Gasteiger partial charge in [0.2, 0.25) is 0 Å². The summed E-state index contributed by atoms with van der Waals surface area (Å²) in [6.07, 6.45) is 2.16. The Morgan fingerprint density at radius 1 is 1.00 bits per heavy atom. The summed E-state index contributed by atoms with van der Waals surface area (Å²) in [5.41, 5.74) is 1.28. The van der Waals surface area contributed by atoms with Gasteiger partial charge in [-0.25, -0.2) is 0 Å². The van der Waals surface area contributed by atoms with Gasteiger partial charge in [-0.15, -0.1) is 0 Å². The van der Waals surface area contributed by atoms with Gasteiger partial charge in [0.25, 0.3) is 10.1 Å². The molecule has 26 heavy (non-hydrogen) atoms. The molecule has 0 saturated carbocycles. The molecule has 144 valence electrons. The van der Waals surface area contributed by atoms with Crippen molar-refractivity contribution in [2.45, 2.75) is 45.5 Å². The molecule has 0 heterocycles. The molecule has 0 aromatic heterocycles. The monoisotopic (exact) mass is 380 g/mol. The van der Waals surface area contributed by atoms with E-state index < -0.39 is 22.5 Å². The van der Waals surface area contributed by atoms with Gasteiger partial charge < -0.3 is 9.47 Å². The summed E-state index contributed by atoms with van der Waals surface area (Å²) in [6.45, 7) is 4.59. The maximum atomic E-state index is 11.3. The van der Waals surface area contributed by atoms with Crippen LogP contribution >= 0.6 is 0 Å². The average molecular weight is 381 g/mol. The third-order valence-electron chi connectivity index (χ3n) is 3.95. The molecule has 0 fully saturated rings. The van der Waals surface area contributed by atoms with E-state index in [-0.39, 0.29) is 0 Å². The van der Waals surface area contributed by atoms with Crippen molar-refractivity contribution in [1.82, 2.24) is 0 Å². The van der Waals surface area contributed by atoms with Crippen LogP contribution in [-0.4, -0.2) is 40.3 Å². The minimum atomic E-state index is -3.55. The second-order valence-corrected chi connectivity index (χ2v) is 7.96. The zero-order valence-electron chi connectivity index (χ0n) is 15.7. The maximum Gasteiger partial charge on any atom is 0.264 e. The largest absolute Gasteiger partial charge is 0.350 e. The molecule has 0 radical (unpaired) electrons. The Bertz CT molecular complexity index is 782. The molecule has 2 atom stereocenters. The van der Waals surface area contributed by atoms with E-state index in [0.717, 1.165) is 25.5 Å². The van der Waals surface area contributed by atoms with Crippen molar-refractivity contribution in [3.8, 4) is 0 Å². The highest BCUT2D eigenvalue weighted by Crippen LogP contribution is 2.20. The first-order valence-electron chi connectivity index (χ1n) is 8.99. The summed E-state index contributed by atoms with van der Waals surface area (Å²) in [6, 6.07) is 14.6. The van der Waals surface area contributed by atoms with Gasteiger partial charge in [0, 0.05) is 6.61 Å². The van der Waals surface area contributed by atoms with Gasteiger partial charge in [-0.1, -0.05) is 49.4 Å². The minimum Gasteiger partial charge on any atom is -0.350 e. The molecule has 0 saturated heterocycles. The van der Waals surface area contributed by atoms with Crippen molar-refractivity contribution in [2.75, 3.05) is 19.5 Å². The van der Waals surface area contributed by atoms with E-state index in [1.165, 1.54) is 16.3 Å². The highest BCUT2D eigenvalue weighted by atomic mass is 32.2. The smallest absolute Gasteiger partial charge is 0.264 e. The van der Waals surface area contributed by atoms with Gasteiger partial charge in [-0.2, -0.15) is 8.42 Å². The molecule has 0 bridgehead atoms. The number of rotatable bonds is 11. The lowest BCUT2D eigenvalue weighted by molar-refractivity contribution is -0.182. The zero-order chi connectivity index (χ0) is 19.0. The van der Waals surface area contributed by atoms with Gasteiger partial charge in [0.15, 0.2) is 6.29 Å². The number of aryl methyl sites for hydroxylation is 1. The second kappa shape index (κ2) is 10.0. The standard InChI is InChI=1S/C20H28O5S/c1-4-14-23-20(16(2)25-26(3,21)22)24-15-8-12-18-11-7-10-17-9-5-6-13-19(17)18/h5-7,9-11,13,16,20H,4,8,12,14-15H2,1-3H3/t16-,20?/m0/s1. The number of benzene rings is 2. The van der Waals surface area contributed by atoms with Crippen LogP contribution in [0.25, 0.3) is 10.8 Å². The lowest BCUT2D eigenvalue weighted by Crippen LogP contribution is -2.34. The van der Waals surface area contributed by atoms with E-state index in [1.807, 2.05) is 19.1 Å². The molecular weight excluding hydrogens is 352 g/mol. The summed E-state index contributed by atoms with van der Waals surface area (Å²) in [5, 5.41) is 2.48. The lowest BCUT2D eigenvalue weighted by Gasteiger charge is -2.23. The fourth-order valence-electron chi connectivity index (χ4n) is 2.85. The van der Waals surface area contributed by atoms with E-state index in [9.17, 15) is 8.42 Å². The molecule has 5 nitrogen and oxygen atoms in total. The van der Waals surface area contributed by atoms with Crippen LogP contribution in [0.15, 0.2) is 42.5 Å². The van der Waals surface area contributed by atoms with Crippen LogP contribution < -0.4 is 0 Å².